The lowest BCUT2D eigenvalue weighted by molar-refractivity contribution is -0.117. The van der Waals surface area contributed by atoms with Crippen LogP contribution in [0.2, 0.25) is 0 Å². The highest BCUT2D eigenvalue weighted by molar-refractivity contribution is 7.89. The molecule has 1 aliphatic heterocycles. The molecule has 1 fully saturated rings. The first-order valence-corrected chi connectivity index (χ1v) is 14.9. The molecule has 0 spiro atoms. The molecule has 1 saturated heterocycles. The maximum Gasteiger partial charge on any atom is 0.243 e. The highest BCUT2D eigenvalue weighted by Gasteiger charge is 2.29. The number of nitrogens with zero attached hydrogens (tertiary/aromatic N) is 2. The Bertz CT molecular complexity index is 1460. The number of carbonyl (C=O) groups is 1. The van der Waals surface area contributed by atoms with Crippen molar-refractivity contribution in [2.24, 2.45) is 0 Å². The predicted molar refractivity (Wildman–Crippen MR) is 142 cm³/mol. The third-order valence-electron chi connectivity index (χ3n) is 6.24. The molecule has 0 bridgehead atoms. The molecule has 2 N–H and O–H groups in total. The van der Waals surface area contributed by atoms with Gasteiger partial charge in [-0.1, -0.05) is 30.3 Å². The molecule has 3 aromatic rings. The molecule has 3 aromatic carbocycles. The molecule has 0 aromatic heterocycles. The van der Waals surface area contributed by atoms with Gasteiger partial charge in [-0.25, -0.2) is 21.2 Å². The zero-order chi connectivity index (χ0) is 27.3. The van der Waals surface area contributed by atoms with Crippen LogP contribution in [0.4, 0.5) is 10.1 Å². The summed E-state index contributed by atoms with van der Waals surface area (Å²) in [6, 6.07) is 17.8. The van der Waals surface area contributed by atoms with E-state index in [1.165, 1.54) is 28.6 Å². The minimum Gasteiger partial charge on any atom is -0.325 e. The van der Waals surface area contributed by atoms with Gasteiger partial charge in [0.05, 0.1) is 9.79 Å². The average Bonchev–Trinajstić information content (AvgIpc) is 2.89. The van der Waals surface area contributed by atoms with Crippen molar-refractivity contribution in [3.8, 4) is 0 Å². The van der Waals surface area contributed by atoms with Crippen LogP contribution in [0.1, 0.15) is 5.56 Å². The fraction of sp³-hybridized carbons (Fsp3) is 0.269. The smallest absolute Gasteiger partial charge is 0.243 e. The number of amides is 1. The minimum atomic E-state index is -4.14. The van der Waals surface area contributed by atoms with Gasteiger partial charge in [0.1, 0.15) is 11.9 Å². The molecule has 9 nitrogen and oxygen atoms in total. The summed E-state index contributed by atoms with van der Waals surface area (Å²) in [6.07, 6.45) is 0.0585. The van der Waals surface area contributed by atoms with E-state index >= 15 is 0 Å². The molecule has 12 heteroatoms. The van der Waals surface area contributed by atoms with E-state index < -0.39 is 37.8 Å². The lowest BCUT2D eigenvalue weighted by atomic mass is 10.1. The Labute approximate surface area is 222 Å². The first kappa shape index (κ1) is 27.9. The van der Waals surface area contributed by atoms with Crippen molar-refractivity contribution in [2.45, 2.75) is 22.3 Å². The highest BCUT2D eigenvalue weighted by atomic mass is 32.2. The maximum absolute atomic E-state index is 13.3. The Morgan fingerprint density at radius 3 is 2.03 bits per heavy atom. The van der Waals surface area contributed by atoms with Crippen LogP contribution >= 0.6 is 0 Å². The number of hydrogen-bond acceptors (Lipinski definition) is 6. The second-order valence-corrected chi connectivity index (χ2v) is 12.7. The number of piperazine rings is 1. The first-order chi connectivity index (χ1) is 18.0. The topological polar surface area (TPSA) is 116 Å². The summed E-state index contributed by atoms with van der Waals surface area (Å²) in [5, 5.41) is 2.67. The molecule has 0 unspecified atom stereocenters. The van der Waals surface area contributed by atoms with E-state index in [4.69, 9.17) is 0 Å². The number of nitrogens with one attached hydrogen (secondary N) is 2. The van der Waals surface area contributed by atoms with Gasteiger partial charge in [0.15, 0.2) is 0 Å². The van der Waals surface area contributed by atoms with Crippen molar-refractivity contribution in [1.29, 1.82) is 0 Å². The van der Waals surface area contributed by atoms with Gasteiger partial charge < -0.3 is 10.2 Å². The highest BCUT2D eigenvalue weighted by Crippen LogP contribution is 2.20. The molecular formula is C26H29FN4O5S2. The number of benzene rings is 3. The Hall–Kier alpha value is -3.16. The number of halogens is 1. The second-order valence-electron chi connectivity index (χ2n) is 9.04. The van der Waals surface area contributed by atoms with Crippen molar-refractivity contribution in [3.63, 3.8) is 0 Å². The van der Waals surface area contributed by atoms with E-state index in [1.54, 1.807) is 30.3 Å². The van der Waals surface area contributed by atoms with Gasteiger partial charge in [0, 0.05) is 31.9 Å². The summed E-state index contributed by atoms with van der Waals surface area (Å²) in [6.45, 7) is 2.08. The van der Waals surface area contributed by atoms with Crippen LogP contribution in [-0.4, -0.2) is 71.2 Å². The van der Waals surface area contributed by atoms with E-state index in [2.05, 4.69) is 14.9 Å². The van der Waals surface area contributed by atoms with Crippen LogP contribution in [0.25, 0.3) is 0 Å². The predicted octanol–water partition coefficient (Wildman–Crippen LogP) is 2.29. The molecule has 38 heavy (non-hydrogen) atoms. The Morgan fingerprint density at radius 2 is 1.42 bits per heavy atom. The van der Waals surface area contributed by atoms with E-state index in [9.17, 15) is 26.0 Å². The van der Waals surface area contributed by atoms with Crippen LogP contribution in [0.15, 0.2) is 88.7 Å². The van der Waals surface area contributed by atoms with Crippen LogP contribution in [-0.2, 0) is 31.3 Å². The molecule has 202 valence electrons. The Kier molecular flexibility index (Phi) is 8.58. The zero-order valence-corrected chi connectivity index (χ0v) is 22.4. The molecule has 0 radical (unpaired) electrons. The summed E-state index contributed by atoms with van der Waals surface area (Å²) >= 11 is 0. The van der Waals surface area contributed by atoms with Crippen molar-refractivity contribution in [3.05, 3.63) is 90.2 Å². The summed E-state index contributed by atoms with van der Waals surface area (Å²) in [5.74, 6) is -1.21. The van der Waals surface area contributed by atoms with E-state index in [0.29, 0.717) is 31.9 Å². The number of carbonyl (C=O) groups excluding carboxylic acids is 1. The van der Waals surface area contributed by atoms with Crippen LogP contribution in [0.5, 0.6) is 0 Å². The Balaban J connectivity index is 1.51. The molecule has 1 aliphatic rings. The molecule has 0 aliphatic carbocycles. The summed E-state index contributed by atoms with van der Waals surface area (Å²) in [7, 11) is -5.87. The lowest BCUT2D eigenvalue weighted by Crippen LogP contribution is -2.47. The summed E-state index contributed by atoms with van der Waals surface area (Å²) in [5.41, 5.74) is 1.04. The van der Waals surface area contributed by atoms with Gasteiger partial charge in [-0.3, -0.25) is 4.79 Å². The first-order valence-electron chi connectivity index (χ1n) is 12.0. The van der Waals surface area contributed by atoms with Crippen LogP contribution in [0.3, 0.4) is 0 Å². The third-order valence-corrected chi connectivity index (χ3v) is 9.64. The molecule has 1 amide bonds. The molecule has 4 rings (SSSR count). The van der Waals surface area contributed by atoms with Gasteiger partial charge in [0.2, 0.25) is 26.0 Å². The molecule has 1 heterocycles. The number of rotatable bonds is 9. The molecular weight excluding hydrogens is 531 g/mol. The number of sulfonamides is 2. The number of likely N-dealkylation sites (N-methyl/N-ethyl adjacent to an activating group) is 1. The lowest BCUT2D eigenvalue weighted by Gasteiger charge is -2.31. The average molecular weight is 561 g/mol. The largest absolute Gasteiger partial charge is 0.325 e. The fourth-order valence-electron chi connectivity index (χ4n) is 4.02. The number of anilines is 1. The zero-order valence-electron chi connectivity index (χ0n) is 20.7. The summed E-state index contributed by atoms with van der Waals surface area (Å²) < 4.78 is 69.0. The van der Waals surface area contributed by atoms with Crippen LogP contribution in [0, 0.1) is 5.82 Å². The monoisotopic (exact) mass is 560 g/mol. The maximum atomic E-state index is 13.3. The van der Waals surface area contributed by atoms with E-state index in [1.807, 2.05) is 7.05 Å². The Morgan fingerprint density at radius 1 is 0.842 bits per heavy atom. The van der Waals surface area contributed by atoms with Crippen LogP contribution < -0.4 is 10.0 Å². The van der Waals surface area contributed by atoms with Crippen molar-refractivity contribution < 1.29 is 26.0 Å². The third kappa shape index (κ3) is 6.83. The van der Waals surface area contributed by atoms with E-state index in [0.717, 1.165) is 29.8 Å². The SMILES string of the molecule is CN1CCN(S(=O)(=O)c2ccc(NC(=O)[C@H](Cc3ccccc3)NS(=O)(=O)c3ccc(F)cc3)cc2)CC1. The van der Waals surface area contributed by atoms with Gasteiger partial charge in [-0.05, 0) is 67.6 Å². The van der Waals surface area contributed by atoms with Crippen molar-refractivity contribution in [2.75, 3.05) is 38.5 Å². The molecule has 1 atom stereocenters. The molecule has 0 saturated carbocycles. The van der Waals surface area contributed by atoms with Crippen molar-refractivity contribution in [1.82, 2.24) is 13.9 Å². The van der Waals surface area contributed by atoms with Gasteiger partial charge >= 0.3 is 0 Å². The minimum absolute atomic E-state index is 0.0585. The quantitative estimate of drug-likeness (QED) is 0.415. The van der Waals surface area contributed by atoms with Gasteiger partial charge in [0.25, 0.3) is 0 Å². The normalized spacial score (nSPS) is 16.2. The van der Waals surface area contributed by atoms with Crippen molar-refractivity contribution >= 4 is 31.6 Å². The standard InChI is InChI=1S/C26H29FN4O5S2/c1-30-15-17-31(18-16-30)38(35,36)24-13-9-22(10-14-24)28-26(32)25(19-20-5-3-2-4-6-20)29-37(33,34)23-11-7-21(27)8-12-23/h2-14,25,29H,15-19H2,1H3,(H,28,32)/t25-/m0/s1. The summed E-state index contributed by atoms with van der Waals surface area (Å²) in [4.78, 5) is 15.2. The van der Waals surface area contributed by atoms with E-state index in [-0.39, 0.29) is 16.2 Å². The van der Waals surface area contributed by atoms with Gasteiger partial charge in [-0.15, -0.1) is 0 Å². The van der Waals surface area contributed by atoms with Gasteiger partial charge in [-0.2, -0.15) is 9.03 Å². The number of hydrogen-bond donors (Lipinski definition) is 2. The second kappa shape index (κ2) is 11.7. The fourth-order valence-corrected chi connectivity index (χ4v) is 6.64.